The van der Waals surface area contributed by atoms with E-state index >= 15 is 0 Å². The molecular weight excluding hydrogens is 188 g/mol. The zero-order chi connectivity index (χ0) is 6.97. The minimum Gasteiger partial charge on any atom is -0.0793 e. The van der Waals surface area contributed by atoms with E-state index in [-0.39, 0.29) is 0 Å². The van der Waals surface area contributed by atoms with Crippen LogP contribution in [0.4, 0.5) is 0 Å². The summed E-state index contributed by atoms with van der Waals surface area (Å²) in [5, 5.41) is 0. The van der Waals surface area contributed by atoms with Crippen LogP contribution in [0.1, 0.15) is 16.0 Å². The second-order valence-electron chi connectivity index (χ2n) is 2.39. The lowest BCUT2D eigenvalue weighted by Crippen LogP contribution is -1.80. The molecule has 10 heavy (non-hydrogen) atoms. The first-order valence-corrected chi connectivity index (χ1v) is 4.21. The molecule has 0 aliphatic heterocycles. The van der Waals surface area contributed by atoms with Gasteiger partial charge in [-0.2, -0.15) is 0 Å². The molecule has 1 heteroatoms. The quantitative estimate of drug-likeness (QED) is 0.558. The topological polar surface area (TPSA) is 0 Å². The van der Waals surface area contributed by atoms with Crippen molar-refractivity contribution in [3.8, 4) is 0 Å². The Morgan fingerprint density at radius 3 is 2.80 bits per heavy atom. The molecule has 1 aromatic rings. The van der Waals surface area contributed by atoms with E-state index in [1.807, 2.05) is 0 Å². The van der Waals surface area contributed by atoms with Crippen LogP contribution in [0.5, 0.6) is 0 Å². The molecule has 1 aromatic carbocycles. The van der Waals surface area contributed by atoms with Gasteiger partial charge in [0, 0.05) is 0 Å². The molecule has 0 N–H and O–H groups in total. The molecule has 0 spiro atoms. The van der Waals surface area contributed by atoms with Crippen LogP contribution in [0.25, 0.3) is 6.08 Å². The summed E-state index contributed by atoms with van der Waals surface area (Å²) in [6, 6.07) is 8.41. The van der Waals surface area contributed by atoms with Crippen LogP contribution in [0.15, 0.2) is 30.3 Å². The number of alkyl halides is 1. The molecule has 0 amide bonds. The number of fused-ring (bicyclic) bond motifs is 1. The van der Waals surface area contributed by atoms with Gasteiger partial charge in [0.05, 0.1) is 4.83 Å². The fourth-order valence-corrected chi connectivity index (χ4v) is 1.78. The molecule has 1 aliphatic carbocycles. The lowest BCUT2D eigenvalue weighted by molar-refractivity contribution is 1.29. The Bertz CT molecular complexity index is 276. The summed E-state index contributed by atoms with van der Waals surface area (Å²) in [5.74, 6) is 0. The van der Waals surface area contributed by atoms with Gasteiger partial charge >= 0.3 is 0 Å². The molecular formula is C9H7Br. The monoisotopic (exact) mass is 194 g/mol. The molecule has 50 valence electrons. The average Bonchev–Trinajstić information content (AvgIpc) is 2.34. The Kier molecular flexibility index (Phi) is 1.38. The van der Waals surface area contributed by atoms with Crippen molar-refractivity contribution < 1.29 is 0 Å². The fraction of sp³-hybridized carbons (Fsp3) is 0.111. The molecule has 0 saturated carbocycles. The summed E-state index contributed by atoms with van der Waals surface area (Å²) in [5.41, 5.74) is 2.71. The maximum absolute atomic E-state index is 3.55. The third-order valence-electron chi connectivity index (χ3n) is 1.74. The van der Waals surface area contributed by atoms with Gasteiger partial charge < -0.3 is 0 Å². The first kappa shape index (κ1) is 6.17. The number of rotatable bonds is 0. The smallest absolute Gasteiger partial charge is 0.0584 e. The van der Waals surface area contributed by atoms with E-state index in [2.05, 4.69) is 52.3 Å². The van der Waals surface area contributed by atoms with Crippen LogP contribution in [0.3, 0.4) is 0 Å². The van der Waals surface area contributed by atoms with Crippen molar-refractivity contribution in [1.82, 2.24) is 0 Å². The van der Waals surface area contributed by atoms with Gasteiger partial charge in [0.25, 0.3) is 0 Å². The first-order chi connectivity index (χ1) is 4.88. The minimum absolute atomic E-state index is 0.434. The molecule has 1 aliphatic rings. The lowest BCUT2D eigenvalue weighted by Gasteiger charge is -1.99. The molecule has 1 unspecified atom stereocenters. The molecule has 0 aromatic heterocycles. The molecule has 0 nitrogen and oxygen atoms in total. The summed E-state index contributed by atoms with van der Waals surface area (Å²) >= 11 is 3.55. The normalized spacial score (nSPS) is 21.1. The van der Waals surface area contributed by atoms with Crippen molar-refractivity contribution >= 4 is 22.0 Å². The van der Waals surface area contributed by atoms with Gasteiger partial charge in [0.1, 0.15) is 0 Å². The summed E-state index contributed by atoms with van der Waals surface area (Å²) < 4.78 is 0. The summed E-state index contributed by atoms with van der Waals surface area (Å²) in [4.78, 5) is 0.434. The molecule has 0 heterocycles. The van der Waals surface area contributed by atoms with E-state index < -0.39 is 0 Å². The highest BCUT2D eigenvalue weighted by Gasteiger charge is 2.11. The van der Waals surface area contributed by atoms with E-state index in [4.69, 9.17) is 0 Å². The van der Waals surface area contributed by atoms with Crippen LogP contribution in [-0.2, 0) is 0 Å². The van der Waals surface area contributed by atoms with Crippen molar-refractivity contribution in [3.63, 3.8) is 0 Å². The Hall–Kier alpha value is -0.560. The van der Waals surface area contributed by atoms with Gasteiger partial charge in [-0.3, -0.25) is 0 Å². The van der Waals surface area contributed by atoms with E-state index in [0.29, 0.717) is 4.83 Å². The third kappa shape index (κ3) is 0.816. The lowest BCUT2D eigenvalue weighted by atomic mass is 10.1. The van der Waals surface area contributed by atoms with Gasteiger partial charge in [-0.05, 0) is 11.1 Å². The van der Waals surface area contributed by atoms with E-state index in [0.717, 1.165) is 0 Å². The number of allylic oxidation sites excluding steroid dienone is 1. The van der Waals surface area contributed by atoms with Crippen LogP contribution >= 0.6 is 15.9 Å². The molecule has 0 bridgehead atoms. The van der Waals surface area contributed by atoms with Crippen LogP contribution in [0.2, 0.25) is 0 Å². The SMILES string of the molecule is BrC1C=Cc2ccccc21. The van der Waals surface area contributed by atoms with Crippen molar-refractivity contribution in [3.05, 3.63) is 41.5 Å². The molecule has 1 atom stereocenters. The van der Waals surface area contributed by atoms with Crippen molar-refractivity contribution in [2.45, 2.75) is 4.83 Å². The Balaban J connectivity index is 2.59. The van der Waals surface area contributed by atoms with Crippen molar-refractivity contribution in [2.75, 3.05) is 0 Å². The number of benzene rings is 1. The van der Waals surface area contributed by atoms with Crippen LogP contribution in [-0.4, -0.2) is 0 Å². The van der Waals surface area contributed by atoms with Gasteiger partial charge in [-0.15, -0.1) is 0 Å². The Labute approximate surface area is 68.7 Å². The zero-order valence-corrected chi connectivity index (χ0v) is 7.01. The van der Waals surface area contributed by atoms with E-state index in [1.165, 1.54) is 11.1 Å². The van der Waals surface area contributed by atoms with Crippen LogP contribution in [0, 0.1) is 0 Å². The minimum atomic E-state index is 0.434. The molecule has 0 fully saturated rings. The van der Waals surface area contributed by atoms with Gasteiger partial charge in [0.2, 0.25) is 0 Å². The second-order valence-corrected chi connectivity index (χ2v) is 3.38. The highest BCUT2D eigenvalue weighted by molar-refractivity contribution is 9.09. The Morgan fingerprint density at radius 1 is 1.20 bits per heavy atom. The predicted octanol–water partition coefficient (Wildman–Crippen LogP) is 3.15. The zero-order valence-electron chi connectivity index (χ0n) is 5.42. The number of halogens is 1. The standard InChI is InChI=1S/C9H7Br/c10-9-6-5-7-3-1-2-4-8(7)9/h1-6,9H. The summed E-state index contributed by atoms with van der Waals surface area (Å²) in [7, 11) is 0. The summed E-state index contributed by atoms with van der Waals surface area (Å²) in [6.45, 7) is 0. The predicted molar refractivity (Wildman–Crippen MR) is 47.1 cm³/mol. The molecule has 0 saturated heterocycles. The molecule has 2 rings (SSSR count). The molecule has 0 radical (unpaired) electrons. The highest BCUT2D eigenvalue weighted by atomic mass is 79.9. The van der Waals surface area contributed by atoms with Gasteiger partial charge in [-0.25, -0.2) is 0 Å². The number of hydrogen-bond donors (Lipinski definition) is 0. The van der Waals surface area contributed by atoms with Crippen LogP contribution < -0.4 is 0 Å². The first-order valence-electron chi connectivity index (χ1n) is 3.29. The van der Waals surface area contributed by atoms with Crippen molar-refractivity contribution in [1.29, 1.82) is 0 Å². The maximum Gasteiger partial charge on any atom is 0.0584 e. The van der Waals surface area contributed by atoms with E-state index in [1.54, 1.807) is 0 Å². The highest BCUT2D eigenvalue weighted by Crippen LogP contribution is 2.33. The van der Waals surface area contributed by atoms with Gasteiger partial charge in [0.15, 0.2) is 0 Å². The average molecular weight is 195 g/mol. The number of hydrogen-bond acceptors (Lipinski definition) is 0. The van der Waals surface area contributed by atoms with E-state index in [9.17, 15) is 0 Å². The second kappa shape index (κ2) is 2.24. The largest absolute Gasteiger partial charge is 0.0793 e. The summed E-state index contributed by atoms with van der Waals surface area (Å²) in [6.07, 6.45) is 4.30. The Morgan fingerprint density at radius 2 is 2.00 bits per heavy atom. The van der Waals surface area contributed by atoms with Crippen molar-refractivity contribution in [2.24, 2.45) is 0 Å². The third-order valence-corrected chi connectivity index (χ3v) is 2.54. The fourth-order valence-electron chi connectivity index (χ4n) is 1.21. The van der Waals surface area contributed by atoms with Gasteiger partial charge in [-0.1, -0.05) is 52.3 Å². The maximum atomic E-state index is 3.55.